The third-order valence-electron chi connectivity index (χ3n) is 2.64. The van der Waals surface area contributed by atoms with Crippen LogP contribution < -0.4 is 5.73 Å². The van der Waals surface area contributed by atoms with Crippen molar-refractivity contribution in [1.82, 2.24) is 0 Å². The van der Waals surface area contributed by atoms with Crippen LogP contribution in [0.4, 0.5) is 0 Å². The largest absolute Gasteiger partial charge is 0.391 e. The molecule has 0 saturated heterocycles. The Morgan fingerprint density at radius 2 is 2.10 bits per heavy atom. The van der Waals surface area contributed by atoms with Crippen molar-refractivity contribution in [3.05, 3.63) is 0 Å². The number of rotatable bonds is 0. The Labute approximate surface area is 62.4 Å². The van der Waals surface area contributed by atoms with E-state index in [1.165, 1.54) is 0 Å². The van der Waals surface area contributed by atoms with Crippen LogP contribution in [0.2, 0.25) is 0 Å². The second kappa shape index (κ2) is 2.51. The molecule has 1 aliphatic carbocycles. The molecule has 0 spiro atoms. The van der Waals surface area contributed by atoms with Gasteiger partial charge in [-0.2, -0.15) is 0 Å². The highest BCUT2D eigenvalue weighted by Gasteiger charge is 2.35. The van der Waals surface area contributed by atoms with Crippen molar-refractivity contribution < 1.29 is 5.11 Å². The molecule has 0 radical (unpaired) electrons. The summed E-state index contributed by atoms with van der Waals surface area (Å²) < 4.78 is 0. The van der Waals surface area contributed by atoms with Crippen molar-refractivity contribution in [3.8, 4) is 0 Å². The highest BCUT2D eigenvalue weighted by Crippen LogP contribution is 2.34. The zero-order chi connectivity index (χ0) is 7.78. The van der Waals surface area contributed by atoms with Gasteiger partial charge in [-0.1, -0.05) is 20.3 Å². The maximum absolute atomic E-state index is 9.39. The maximum atomic E-state index is 9.39. The lowest BCUT2D eigenvalue weighted by atomic mass is 9.72. The SMILES string of the molecule is CC1(C)CCC[C@H](O)[C@H]1N. The summed E-state index contributed by atoms with van der Waals surface area (Å²) in [5.74, 6) is 0. The average Bonchev–Trinajstić information content (AvgIpc) is 1.83. The van der Waals surface area contributed by atoms with Gasteiger partial charge < -0.3 is 10.8 Å². The Balaban J connectivity index is 2.60. The average molecular weight is 143 g/mol. The molecule has 2 nitrogen and oxygen atoms in total. The fraction of sp³-hybridized carbons (Fsp3) is 1.00. The first kappa shape index (κ1) is 8.02. The van der Waals surface area contributed by atoms with Crippen molar-refractivity contribution >= 4 is 0 Å². The molecule has 0 aliphatic heterocycles. The van der Waals surface area contributed by atoms with Crippen LogP contribution in [0.3, 0.4) is 0 Å². The molecule has 0 aromatic heterocycles. The fourth-order valence-electron chi connectivity index (χ4n) is 1.63. The number of aliphatic hydroxyl groups excluding tert-OH is 1. The van der Waals surface area contributed by atoms with Gasteiger partial charge in [0.1, 0.15) is 0 Å². The van der Waals surface area contributed by atoms with Crippen molar-refractivity contribution in [2.45, 2.75) is 45.3 Å². The molecule has 0 bridgehead atoms. The first-order chi connectivity index (χ1) is 4.54. The van der Waals surface area contributed by atoms with Gasteiger partial charge in [0.05, 0.1) is 6.10 Å². The van der Waals surface area contributed by atoms with Gasteiger partial charge in [0.2, 0.25) is 0 Å². The Morgan fingerprint density at radius 3 is 2.50 bits per heavy atom. The number of hydrogen-bond donors (Lipinski definition) is 2. The highest BCUT2D eigenvalue weighted by atomic mass is 16.3. The maximum Gasteiger partial charge on any atom is 0.0696 e. The zero-order valence-corrected chi connectivity index (χ0v) is 6.80. The molecule has 0 amide bonds. The van der Waals surface area contributed by atoms with Crippen molar-refractivity contribution in [2.75, 3.05) is 0 Å². The van der Waals surface area contributed by atoms with E-state index in [4.69, 9.17) is 5.73 Å². The molecule has 60 valence electrons. The van der Waals surface area contributed by atoms with E-state index in [0.29, 0.717) is 0 Å². The van der Waals surface area contributed by atoms with E-state index in [9.17, 15) is 5.11 Å². The van der Waals surface area contributed by atoms with Crippen LogP contribution in [0.1, 0.15) is 33.1 Å². The summed E-state index contributed by atoms with van der Waals surface area (Å²) in [6, 6.07) is -0.0266. The Morgan fingerprint density at radius 1 is 1.50 bits per heavy atom. The van der Waals surface area contributed by atoms with Crippen molar-refractivity contribution in [2.24, 2.45) is 11.1 Å². The van der Waals surface area contributed by atoms with Crippen LogP contribution in [0.5, 0.6) is 0 Å². The lowest BCUT2D eigenvalue weighted by Gasteiger charge is -2.39. The van der Waals surface area contributed by atoms with Gasteiger partial charge in [-0.05, 0) is 18.3 Å². The molecule has 0 aromatic carbocycles. The molecule has 2 heteroatoms. The minimum Gasteiger partial charge on any atom is -0.391 e. The minimum atomic E-state index is -0.274. The normalized spacial score (nSPS) is 39.6. The number of nitrogens with two attached hydrogens (primary N) is 1. The van der Waals surface area contributed by atoms with Gasteiger partial charge in [0.25, 0.3) is 0 Å². The first-order valence-corrected chi connectivity index (χ1v) is 3.98. The fourth-order valence-corrected chi connectivity index (χ4v) is 1.63. The highest BCUT2D eigenvalue weighted by molar-refractivity contribution is 4.90. The summed E-state index contributed by atoms with van der Waals surface area (Å²) in [5, 5.41) is 9.39. The third kappa shape index (κ3) is 1.32. The lowest BCUT2D eigenvalue weighted by Crippen LogP contribution is -2.49. The second-order valence-corrected chi connectivity index (χ2v) is 3.97. The molecule has 1 aliphatic rings. The minimum absolute atomic E-state index is 0.0266. The van der Waals surface area contributed by atoms with Crippen LogP contribution in [-0.2, 0) is 0 Å². The van der Waals surface area contributed by atoms with Crippen molar-refractivity contribution in [3.63, 3.8) is 0 Å². The van der Waals surface area contributed by atoms with E-state index in [-0.39, 0.29) is 17.6 Å². The second-order valence-electron chi connectivity index (χ2n) is 3.97. The van der Waals surface area contributed by atoms with Gasteiger partial charge in [0, 0.05) is 6.04 Å². The Kier molecular flexibility index (Phi) is 2.02. The molecule has 1 rings (SSSR count). The molecule has 1 fully saturated rings. The van der Waals surface area contributed by atoms with E-state index >= 15 is 0 Å². The Hall–Kier alpha value is -0.0800. The van der Waals surface area contributed by atoms with E-state index in [1.54, 1.807) is 0 Å². The zero-order valence-electron chi connectivity index (χ0n) is 6.80. The predicted octanol–water partition coefficient (Wildman–Crippen LogP) is 0.885. The summed E-state index contributed by atoms with van der Waals surface area (Å²) >= 11 is 0. The van der Waals surface area contributed by atoms with Gasteiger partial charge in [-0.15, -0.1) is 0 Å². The summed E-state index contributed by atoms with van der Waals surface area (Å²) in [7, 11) is 0. The van der Waals surface area contributed by atoms with Crippen LogP contribution in [0.25, 0.3) is 0 Å². The quantitative estimate of drug-likeness (QED) is 0.529. The van der Waals surface area contributed by atoms with E-state index in [2.05, 4.69) is 13.8 Å². The molecule has 2 atom stereocenters. The molecule has 0 unspecified atom stereocenters. The van der Waals surface area contributed by atoms with E-state index in [0.717, 1.165) is 19.3 Å². The smallest absolute Gasteiger partial charge is 0.0696 e. The van der Waals surface area contributed by atoms with Crippen LogP contribution in [0.15, 0.2) is 0 Å². The molecule has 1 saturated carbocycles. The van der Waals surface area contributed by atoms with Crippen LogP contribution in [0, 0.1) is 5.41 Å². The van der Waals surface area contributed by atoms with Crippen LogP contribution in [-0.4, -0.2) is 17.3 Å². The molecule has 3 N–H and O–H groups in total. The van der Waals surface area contributed by atoms with Crippen molar-refractivity contribution in [1.29, 1.82) is 0 Å². The summed E-state index contributed by atoms with van der Waals surface area (Å²) in [6.07, 6.45) is 2.86. The standard InChI is InChI=1S/C8H17NO/c1-8(2)5-3-4-6(10)7(8)9/h6-7,10H,3-5,9H2,1-2H3/t6-,7+/m0/s1. The molecule has 0 heterocycles. The lowest BCUT2D eigenvalue weighted by molar-refractivity contribution is 0.0392. The van der Waals surface area contributed by atoms with Gasteiger partial charge in [0.15, 0.2) is 0 Å². The summed E-state index contributed by atoms with van der Waals surface area (Å²) in [6.45, 7) is 4.25. The first-order valence-electron chi connectivity index (χ1n) is 3.98. The molecular weight excluding hydrogens is 126 g/mol. The number of hydrogen-bond acceptors (Lipinski definition) is 2. The molecule has 10 heavy (non-hydrogen) atoms. The van der Waals surface area contributed by atoms with Gasteiger partial charge >= 0.3 is 0 Å². The molecular formula is C8H17NO. The summed E-state index contributed by atoms with van der Waals surface area (Å²) in [4.78, 5) is 0. The topological polar surface area (TPSA) is 46.2 Å². The predicted molar refractivity (Wildman–Crippen MR) is 41.6 cm³/mol. The monoisotopic (exact) mass is 143 g/mol. The van der Waals surface area contributed by atoms with E-state index in [1.807, 2.05) is 0 Å². The third-order valence-corrected chi connectivity index (χ3v) is 2.64. The van der Waals surface area contributed by atoms with Gasteiger partial charge in [-0.3, -0.25) is 0 Å². The molecule has 0 aromatic rings. The van der Waals surface area contributed by atoms with E-state index < -0.39 is 0 Å². The number of aliphatic hydroxyl groups is 1. The van der Waals surface area contributed by atoms with Crippen LogP contribution >= 0.6 is 0 Å². The Bertz CT molecular complexity index is 122. The van der Waals surface area contributed by atoms with Gasteiger partial charge in [-0.25, -0.2) is 0 Å². The summed E-state index contributed by atoms with van der Waals surface area (Å²) in [5.41, 5.74) is 5.94.